The number of nitrogens with zero attached hydrogens (tertiary/aromatic N) is 2. The SMILES string of the molecule is COc1ccc(C(=O)N2CCN(CCBr)CC2)cc1O. The lowest BCUT2D eigenvalue weighted by Gasteiger charge is -2.34. The molecule has 1 N–H and O–H groups in total. The smallest absolute Gasteiger partial charge is 0.254 e. The van der Waals surface area contributed by atoms with Crippen molar-refractivity contribution in [2.45, 2.75) is 0 Å². The van der Waals surface area contributed by atoms with E-state index in [1.807, 2.05) is 4.90 Å². The minimum atomic E-state index is -0.0403. The standard InChI is InChI=1S/C14H19BrN2O3/c1-20-13-3-2-11(10-12(13)18)14(19)17-8-6-16(5-4-15)7-9-17/h2-3,10,18H,4-9H2,1H3. The summed E-state index contributed by atoms with van der Waals surface area (Å²) in [4.78, 5) is 16.5. The number of phenols is 1. The highest BCUT2D eigenvalue weighted by atomic mass is 79.9. The van der Waals surface area contributed by atoms with E-state index in [0.29, 0.717) is 11.3 Å². The molecule has 0 aliphatic carbocycles. The molecule has 0 bridgehead atoms. The van der Waals surface area contributed by atoms with Gasteiger partial charge in [0.15, 0.2) is 11.5 Å². The third kappa shape index (κ3) is 3.43. The Kier molecular flexibility index (Phi) is 5.25. The molecule has 0 radical (unpaired) electrons. The second-order valence-corrected chi connectivity index (χ2v) is 5.50. The summed E-state index contributed by atoms with van der Waals surface area (Å²) in [6, 6.07) is 4.77. The van der Waals surface area contributed by atoms with Gasteiger partial charge in [-0.1, -0.05) is 15.9 Å². The number of hydrogen-bond acceptors (Lipinski definition) is 4. The van der Waals surface area contributed by atoms with E-state index in [-0.39, 0.29) is 11.7 Å². The number of halogens is 1. The molecule has 1 fully saturated rings. The first-order valence-corrected chi connectivity index (χ1v) is 7.72. The molecule has 6 heteroatoms. The summed E-state index contributed by atoms with van der Waals surface area (Å²) in [6.07, 6.45) is 0. The zero-order valence-corrected chi connectivity index (χ0v) is 13.1. The number of aromatic hydroxyl groups is 1. The van der Waals surface area contributed by atoms with Crippen molar-refractivity contribution < 1.29 is 14.6 Å². The van der Waals surface area contributed by atoms with Crippen LogP contribution in [0, 0.1) is 0 Å². The van der Waals surface area contributed by atoms with Crippen LogP contribution in [-0.2, 0) is 0 Å². The van der Waals surface area contributed by atoms with Crippen LogP contribution in [0.3, 0.4) is 0 Å². The van der Waals surface area contributed by atoms with Crippen molar-refractivity contribution in [3.8, 4) is 11.5 Å². The van der Waals surface area contributed by atoms with Gasteiger partial charge < -0.3 is 14.7 Å². The molecule has 20 heavy (non-hydrogen) atoms. The minimum absolute atomic E-state index is 0.00345. The lowest BCUT2D eigenvalue weighted by atomic mass is 10.1. The zero-order chi connectivity index (χ0) is 14.5. The van der Waals surface area contributed by atoms with Gasteiger partial charge in [0, 0.05) is 43.6 Å². The average molecular weight is 343 g/mol. The second-order valence-electron chi connectivity index (χ2n) is 4.71. The highest BCUT2D eigenvalue weighted by Crippen LogP contribution is 2.26. The molecule has 0 spiro atoms. The molecule has 1 aromatic rings. The van der Waals surface area contributed by atoms with E-state index in [1.165, 1.54) is 13.2 Å². The molecule has 1 aromatic carbocycles. The van der Waals surface area contributed by atoms with Gasteiger partial charge in [0.05, 0.1) is 7.11 Å². The number of alkyl halides is 1. The second kappa shape index (κ2) is 6.95. The summed E-state index contributed by atoms with van der Waals surface area (Å²) >= 11 is 3.43. The van der Waals surface area contributed by atoms with Crippen molar-refractivity contribution in [2.24, 2.45) is 0 Å². The molecule has 0 atom stereocenters. The van der Waals surface area contributed by atoms with Gasteiger partial charge in [0.2, 0.25) is 0 Å². The molecular formula is C14H19BrN2O3. The Balaban J connectivity index is 2.00. The van der Waals surface area contributed by atoms with Gasteiger partial charge in [-0.25, -0.2) is 0 Å². The van der Waals surface area contributed by atoms with Crippen LogP contribution in [0.15, 0.2) is 18.2 Å². The summed E-state index contributed by atoms with van der Waals surface area (Å²) < 4.78 is 4.98. The maximum atomic E-state index is 12.4. The summed E-state index contributed by atoms with van der Waals surface area (Å²) in [5, 5.41) is 10.7. The van der Waals surface area contributed by atoms with Crippen LogP contribution in [0.2, 0.25) is 0 Å². The van der Waals surface area contributed by atoms with Crippen molar-refractivity contribution in [2.75, 3.05) is 45.2 Å². The van der Waals surface area contributed by atoms with E-state index >= 15 is 0 Å². The van der Waals surface area contributed by atoms with Crippen molar-refractivity contribution in [3.63, 3.8) is 0 Å². The fraction of sp³-hybridized carbons (Fsp3) is 0.500. The molecule has 2 rings (SSSR count). The summed E-state index contributed by atoms with van der Waals surface area (Å²) in [6.45, 7) is 4.22. The molecule has 1 amide bonds. The van der Waals surface area contributed by atoms with Gasteiger partial charge >= 0.3 is 0 Å². The van der Waals surface area contributed by atoms with Crippen molar-refractivity contribution in [1.29, 1.82) is 0 Å². The monoisotopic (exact) mass is 342 g/mol. The summed E-state index contributed by atoms with van der Waals surface area (Å²) in [7, 11) is 1.49. The predicted octanol–water partition coefficient (Wildman–Crippen LogP) is 1.55. The van der Waals surface area contributed by atoms with Crippen LogP contribution < -0.4 is 4.74 Å². The molecule has 1 aliphatic rings. The zero-order valence-electron chi connectivity index (χ0n) is 11.5. The quantitative estimate of drug-likeness (QED) is 0.843. The van der Waals surface area contributed by atoms with Gasteiger partial charge in [-0.05, 0) is 18.2 Å². The first-order valence-electron chi connectivity index (χ1n) is 6.60. The Hall–Kier alpha value is -1.27. The van der Waals surface area contributed by atoms with E-state index < -0.39 is 0 Å². The highest BCUT2D eigenvalue weighted by molar-refractivity contribution is 9.09. The van der Waals surface area contributed by atoms with Crippen molar-refractivity contribution in [3.05, 3.63) is 23.8 Å². The number of rotatable bonds is 4. The number of carbonyl (C=O) groups excluding carboxylic acids is 1. The molecule has 110 valence electrons. The number of hydrogen-bond donors (Lipinski definition) is 1. The van der Waals surface area contributed by atoms with Gasteiger partial charge in [0.25, 0.3) is 5.91 Å². The molecular weight excluding hydrogens is 324 g/mol. The number of methoxy groups -OCH3 is 1. The first-order chi connectivity index (χ1) is 9.65. The number of ether oxygens (including phenoxy) is 1. The van der Waals surface area contributed by atoms with E-state index in [1.54, 1.807) is 12.1 Å². The lowest BCUT2D eigenvalue weighted by molar-refractivity contribution is 0.0644. The van der Waals surface area contributed by atoms with Crippen LogP contribution in [0.1, 0.15) is 10.4 Å². The van der Waals surface area contributed by atoms with Crippen LogP contribution in [0.5, 0.6) is 11.5 Å². The molecule has 5 nitrogen and oxygen atoms in total. The normalized spacial score (nSPS) is 16.2. The summed E-state index contributed by atoms with van der Waals surface area (Å²) in [5.41, 5.74) is 0.497. The van der Waals surface area contributed by atoms with E-state index in [2.05, 4.69) is 20.8 Å². The largest absolute Gasteiger partial charge is 0.504 e. The minimum Gasteiger partial charge on any atom is -0.504 e. The highest BCUT2D eigenvalue weighted by Gasteiger charge is 2.22. The van der Waals surface area contributed by atoms with Crippen molar-refractivity contribution in [1.82, 2.24) is 9.80 Å². The number of phenolic OH excluding ortho intramolecular Hbond substituents is 1. The Labute approximate surface area is 127 Å². The van der Waals surface area contributed by atoms with E-state index in [0.717, 1.165) is 38.1 Å². The molecule has 0 unspecified atom stereocenters. The summed E-state index contributed by atoms with van der Waals surface area (Å²) in [5.74, 6) is 0.335. The Morgan fingerprint density at radius 3 is 2.60 bits per heavy atom. The molecule has 1 heterocycles. The number of benzene rings is 1. The Morgan fingerprint density at radius 2 is 2.05 bits per heavy atom. The lowest BCUT2D eigenvalue weighted by Crippen LogP contribution is -2.49. The average Bonchev–Trinajstić information content (AvgIpc) is 2.47. The number of carbonyl (C=O) groups is 1. The number of amides is 1. The maximum Gasteiger partial charge on any atom is 0.254 e. The fourth-order valence-corrected chi connectivity index (χ4v) is 2.80. The third-order valence-corrected chi connectivity index (χ3v) is 3.84. The van der Waals surface area contributed by atoms with Gasteiger partial charge in [0.1, 0.15) is 0 Å². The third-order valence-electron chi connectivity index (χ3n) is 3.49. The van der Waals surface area contributed by atoms with Gasteiger partial charge in [-0.15, -0.1) is 0 Å². The molecule has 0 aromatic heterocycles. The maximum absolute atomic E-state index is 12.4. The predicted molar refractivity (Wildman–Crippen MR) is 80.8 cm³/mol. The van der Waals surface area contributed by atoms with E-state index in [9.17, 15) is 9.90 Å². The molecule has 1 aliphatic heterocycles. The van der Waals surface area contributed by atoms with Crippen LogP contribution in [0.4, 0.5) is 0 Å². The van der Waals surface area contributed by atoms with Gasteiger partial charge in [-0.3, -0.25) is 9.69 Å². The van der Waals surface area contributed by atoms with Crippen LogP contribution >= 0.6 is 15.9 Å². The van der Waals surface area contributed by atoms with E-state index in [4.69, 9.17) is 4.74 Å². The Bertz CT molecular complexity index is 473. The molecule has 1 saturated heterocycles. The van der Waals surface area contributed by atoms with Crippen LogP contribution in [0.25, 0.3) is 0 Å². The Morgan fingerprint density at radius 1 is 1.35 bits per heavy atom. The molecule has 0 saturated carbocycles. The van der Waals surface area contributed by atoms with Crippen LogP contribution in [-0.4, -0.2) is 66.0 Å². The van der Waals surface area contributed by atoms with Crippen molar-refractivity contribution >= 4 is 21.8 Å². The topological polar surface area (TPSA) is 53.0 Å². The fourth-order valence-electron chi connectivity index (χ4n) is 2.30. The number of piperazine rings is 1. The van der Waals surface area contributed by atoms with Gasteiger partial charge in [-0.2, -0.15) is 0 Å². The first kappa shape index (κ1) is 15.1.